The summed E-state index contributed by atoms with van der Waals surface area (Å²) < 4.78 is 5.86. The summed E-state index contributed by atoms with van der Waals surface area (Å²) in [5, 5.41) is 8.83. The molecule has 0 aliphatic carbocycles. The van der Waals surface area contributed by atoms with Crippen molar-refractivity contribution in [1.82, 2.24) is 0 Å². The summed E-state index contributed by atoms with van der Waals surface area (Å²) in [4.78, 5) is 10.8. The van der Waals surface area contributed by atoms with Gasteiger partial charge in [0.25, 0.3) is 0 Å². The van der Waals surface area contributed by atoms with Gasteiger partial charge in [-0.1, -0.05) is 60.7 Å². The van der Waals surface area contributed by atoms with Crippen LogP contribution in [-0.4, -0.2) is 17.7 Å². The van der Waals surface area contributed by atoms with Crippen molar-refractivity contribution in [3.63, 3.8) is 0 Å². The fraction of sp³-hybridized carbons (Fsp3) is 0.0952. The number of hydrogen-bond acceptors (Lipinski definition) is 2. The van der Waals surface area contributed by atoms with E-state index in [1.807, 2.05) is 54.6 Å². The molecule has 0 unspecified atom stereocenters. The number of fused-ring (bicyclic) bond motifs is 1. The first-order valence-electron chi connectivity index (χ1n) is 7.75. The molecule has 0 saturated carbocycles. The van der Waals surface area contributed by atoms with E-state index in [1.165, 1.54) is 6.08 Å². The van der Waals surface area contributed by atoms with Crippen LogP contribution in [0.1, 0.15) is 18.1 Å². The van der Waals surface area contributed by atoms with Gasteiger partial charge in [0.1, 0.15) is 12.4 Å². The van der Waals surface area contributed by atoms with E-state index in [-0.39, 0.29) is 0 Å². The van der Waals surface area contributed by atoms with Crippen LogP contribution >= 0.6 is 0 Å². The highest BCUT2D eigenvalue weighted by Crippen LogP contribution is 2.37. The van der Waals surface area contributed by atoms with Crippen molar-refractivity contribution >= 4 is 11.5 Å². The maximum atomic E-state index is 10.8. The van der Waals surface area contributed by atoms with Gasteiger partial charge in [0.2, 0.25) is 0 Å². The third-order valence-electron chi connectivity index (χ3n) is 3.82. The molecular weight excluding hydrogens is 300 g/mol. The average molecular weight is 318 g/mol. The Balaban J connectivity index is 2.10. The maximum absolute atomic E-state index is 10.8. The van der Waals surface area contributed by atoms with Gasteiger partial charge in [-0.05, 0) is 35.3 Å². The van der Waals surface area contributed by atoms with E-state index in [0.717, 1.165) is 28.0 Å². The molecule has 3 heteroatoms. The third-order valence-corrected chi connectivity index (χ3v) is 3.82. The van der Waals surface area contributed by atoms with Gasteiger partial charge >= 0.3 is 5.97 Å². The first-order valence-corrected chi connectivity index (χ1v) is 7.75. The highest BCUT2D eigenvalue weighted by molar-refractivity contribution is 5.87. The predicted molar refractivity (Wildman–Crippen MR) is 94.9 cm³/mol. The van der Waals surface area contributed by atoms with Gasteiger partial charge in [-0.15, -0.1) is 0 Å². The van der Waals surface area contributed by atoms with Gasteiger partial charge in [-0.3, -0.25) is 0 Å². The molecule has 0 radical (unpaired) electrons. The lowest BCUT2D eigenvalue weighted by Gasteiger charge is -2.23. The van der Waals surface area contributed by atoms with E-state index in [0.29, 0.717) is 12.2 Å². The van der Waals surface area contributed by atoms with Gasteiger partial charge in [0.15, 0.2) is 0 Å². The minimum absolute atomic E-state index is 0.456. The van der Waals surface area contributed by atoms with Crippen molar-refractivity contribution in [2.45, 2.75) is 6.92 Å². The zero-order valence-corrected chi connectivity index (χ0v) is 13.4. The van der Waals surface area contributed by atoms with E-state index in [2.05, 4.69) is 12.1 Å². The molecule has 1 aliphatic rings. The van der Waals surface area contributed by atoms with E-state index < -0.39 is 5.97 Å². The van der Waals surface area contributed by atoms with Crippen LogP contribution in [-0.2, 0) is 4.79 Å². The van der Waals surface area contributed by atoms with Crippen LogP contribution in [0.2, 0.25) is 0 Å². The molecule has 1 aliphatic heterocycles. The van der Waals surface area contributed by atoms with Crippen LogP contribution in [0, 0.1) is 0 Å². The summed E-state index contributed by atoms with van der Waals surface area (Å²) in [6.45, 7) is 2.23. The largest absolute Gasteiger partial charge is 0.488 e. The van der Waals surface area contributed by atoms with E-state index in [1.54, 1.807) is 6.92 Å². The molecule has 1 N–H and O–H groups in total. The molecule has 2 aromatic carbocycles. The number of ether oxygens (including phenoxy) is 1. The lowest BCUT2D eigenvalue weighted by Crippen LogP contribution is -2.11. The molecule has 0 fully saturated rings. The number of aliphatic carboxylic acids is 1. The van der Waals surface area contributed by atoms with Crippen molar-refractivity contribution in [2.75, 3.05) is 6.61 Å². The number of carboxylic acids is 1. The van der Waals surface area contributed by atoms with Gasteiger partial charge < -0.3 is 9.84 Å². The first kappa shape index (κ1) is 15.8. The average Bonchev–Trinajstić information content (AvgIpc) is 2.59. The molecule has 0 spiro atoms. The zero-order chi connectivity index (χ0) is 16.9. The van der Waals surface area contributed by atoms with Gasteiger partial charge in [0.05, 0.1) is 0 Å². The second-order valence-electron chi connectivity index (χ2n) is 5.61. The summed E-state index contributed by atoms with van der Waals surface area (Å²) in [5.41, 5.74) is 5.00. The molecular formula is C21H18O3. The number of carboxylic acid groups (broad SMARTS) is 1. The smallest absolute Gasteiger partial charge is 0.328 e. The Bertz CT molecular complexity index is 842. The summed E-state index contributed by atoms with van der Waals surface area (Å²) in [7, 11) is 0. The summed E-state index contributed by atoms with van der Waals surface area (Å²) >= 11 is 0. The first-order chi connectivity index (χ1) is 11.6. The fourth-order valence-electron chi connectivity index (χ4n) is 2.75. The zero-order valence-electron chi connectivity index (χ0n) is 13.4. The number of allylic oxidation sites excluding steroid dienone is 2. The number of benzene rings is 2. The number of rotatable bonds is 4. The minimum Gasteiger partial charge on any atom is -0.488 e. The minimum atomic E-state index is -0.945. The highest BCUT2D eigenvalue weighted by atomic mass is 16.5. The van der Waals surface area contributed by atoms with Crippen molar-refractivity contribution in [3.8, 4) is 5.75 Å². The van der Waals surface area contributed by atoms with Crippen LogP contribution in [0.4, 0.5) is 0 Å². The Morgan fingerprint density at radius 3 is 2.54 bits per heavy atom. The summed E-state index contributed by atoms with van der Waals surface area (Å²) in [5.74, 6) is -0.0778. The molecule has 0 atom stereocenters. The Labute approximate surface area is 141 Å². The second kappa shape index (κ2) is 7.01. The van der Waals surface area contributed by atoms with Crippen molar-refractivity contribution in [3.05, 3.63) is 95.1 Å². The Morgan fingerprint density at radius 2 is 1.79 bits per heavy atom. The standard InChI is InChI=1S/C21H18O3/c1-15(13-20(22)23)11-12-17-14-24-19-10-6-5-9-18(19)21(17)16-7-3-2-4-8-16/h2-13H,14H2,1H3,(H,22,23). The molecule has 2 aromatic rings. The Morgan fingerprint density at radius 1 is 1.08 bits per heavy atom. The lowest BCUT2D eigenvalue weighted by molar-refractivity contribution is -0.131. The van der Waals surface area contributed by atoms with Crippen LogP contribution in [0.3, 0.4) is 0 Å². The van der Waals surface area contributed by atoms with E-state index in [4.69, 9.17) is 9.84 Å². The number of hydrogen-bond donors (Lipinski definition) is 1. The monoisotopic (exact) mass is 318 g/mol. The number of para-hydroxylation sites is 1. The van der Waals surface area contributed by atoms with E-state index in [9.17, 15) is 4.79 Å². The molecule has 24 heavy (non-hydrogen) atoms. The molecule has 1 heterocycles. The van der Waals surface area contributed by atoms with Gasteiger partial charge in [-0.2, -0.15) is 0 Å². The number of carbonyl (C=O) groups is 1. The third kappa shape index (κ3) is 3.46. The molecule has 3 rings (SSSR count). The van der Waals surface area contributed by atoms with Crippen LogP contribution < -0.4 is 4.74 Å². The molecule has 0 amide bonds. The second-order valence-corrected chi connectivity index (χ2v) is 5.61. The van der Waals surface area contributed by atoms with Crippen LogP contribution in [0.15, 0.2) is 84.0 Å². The lowest BCUT2D eigenvalue weighted by atomic mass is 9.90. The van der Waals surface area contributed by atoms with Gasteiger partial charge in [-0.25, -0.2) is 4.79 Å². The quantitative estimate of drug-likeness (QED) is 0.668. The maximum Gasteiger partial charge on any atom is 0.328 e. The van der Waals surface area contributed by atoms with Gasteiger partial charge in [0, 0.05) is 11.6 Å². The Kier molecular flexibility index (Phi) is 4.62. The molecule has 0 saturated heterocycles. The molecule has 120 valence electrons. The van der Waals surface area contributed by atoms with Crippen molar-refractivity contribution in [1.29, 1.82) is 0 Å². The van der Waals surface area contributed by atoms with Crippen LogP contribution in [0.25, 0.3) is 5.57 Å². The normalized spacial score (nSPS) is 14.5. The van der Waals surface area contributed by atoms with Crippen molar-refractivity contribution in [2.24, 2.45) is 0 Å². The summed E-state index contributed by atoms with van der Waals surface area (Å²) in [6.07, 6.45) is 4.94. The topological polar surface area (TPSA) is 46.5 Å². The SMILES string of the molecule is CC(C=CC1=C(c2ccccc2)c2ccccc2OC1)=CC(=O)O. The predicted octanol–water partition coefficient (Wildman–Crippen LogP) is 4.47. The summed E-state index contributed by atoms with van der Waals surface area (Å²) in [6, 6.07) is 18.1. The molecule has 0 bridgehead atoms. The molecule has 0 aromatic heterocycles. The van der Waals surface area contributed by atoms with E-state index >= 15 is 0 Å². The Hall–Kier alpha value is -3.07. The fourth-order valence-corrected chi connectivity index (χ4v) is 2.75. The van der Waals surface area contributed by atoms with Crippen LogP contribution in [0.5, 0.6) is 5.75 Å². The molecule has 3 nitrogen and oxygen atoms in total. The van der Waals surface area contributed by atoms with Crippen molar-refractivity contribution < 1.29 is 14.6 Å². The highest BCUT2D eigenvalue weighted by Gasteiger charge is 2.19.